The van der Waals surface area contributed by atoms with E-state index in [1.54, 1.807) is 45.1 Å². The van der Waals surface area contributed by atoms with Gasteiger partial charge in [-0.25, -0.2) is 9.67 Å². The molecule has 44 heavy (non-hydrogen) atoms. The molecule has 0 amide bonds. The zero-order chi connectivity index (χ0) is 32.8. The predicted molar refractivity (Wildman–Crippen MR) is 168 cm³/mol. The fourth-order valence-corrected chi connectivity index (χ4v) is 7.07. The van der Waals surface area contributed by atoms with Crippen LogP contribution in [0.4, 0.5) is 13.2 Å². The van der Waals surface area contributed by atoms with E-state index in [0.29, 0.717) is 0 Å². The van der Waals surface area contributed by atoms with Crippen molar-refractivity contribution in [2.45, 2.75) is 70.6 Å². The highest BCUT2D eigenvalue weighted by Gasteiger charge is 2.69. The van der Waals surface area contributed by atoms with Gasteiger partial charge in [0.15, 0.2) is 14.1 Å². The Morgan fingerprint density at radius 1 is 0.795 bits per heavy atom. The standard InChI is InChI=1S/C32H38F3N3OSi.HO3P/c1-7-29(3,8-2)31(32(33,34)35,39-40(4,5)6)28-36-24-38(37-28)30(25-18-12-9-13-19-25,26-20-14-10-15-21-26)27-22-16-11-17-23-27;1-4(2)3/h9-24H,7-8H2,1-6H3;(H-,1,2,3)/p+1. The van der Waals surface area contributed by atoms with E-state index in [-0.39, 0.29) is 18.7 Å². The molecule has 0 aliphatic carbocycles. The number of hydrogen-bond donors (Lipinski definition) is 2. The topological polar surface area (TPSA) is 97.5 Å². The number of nitrogens with zero attached hydrogens (tertiary/aromatic N) is 3. The molecule has 0 bridgehead atoms. The summed E-state index contributed by atoms with van der Waals surface area (Å²) in [5, 5.41) is 4.78. The number of hydrogen-bond acceptors (Lipinski definition) is 4. The maximum atomic E-state index is 15.5. The first-order valence-corrected chi connectivity index (χ1v) is 18.9. The van der Waals surface area contributed by atoms with E-state index >= 15 is 13.2 Å². The second-order valence-electron chi connectivity index (χ2n) is 11.7. The molecule has 0 fully saturated rings. The molecule has 1 atom stereocenters. The fourth-order valence-electron chi connectivity index (χ4n) is 5.69. The Kier molecular flexibility index (Phi) is 11.1. The van der Waals surface area contributed by atoms with E-state index < -0.39 is 39.3 Å². The van der Waals surface area contributed by atoms with Crippen LogP contribution < -0.4 is 0 Å². The Hall–Kier alpha value is -3.21. The Labute approximate surface area is 258 Å². The lowest BCUT2D eigenvalue weighted by Gasteiger charge is -2.49. The van der Waals surface area contributed by atoms with Crippen LogP contribution in [0.15, 0.2) is 97.3 Å². The van der Waals surface area contributed by atoms with Crippen LogP contribution in [0.1, 0.15) is 56.1 Å². The molecular formula is C32H40F3N3O4PSi+. The van der Waals surface area contributed by atoms with Crippen LogP contribution in [-0.4, -0.2) is 39.0 Å². The molecule has 0 saturated carbocycles. The molecule has 0 saturated heterocycles. The first kappa shape index (κ1) is 35.3. The largest absolute Gasteiger partial charge is 0.692 e. The average Bonchev–Trinajstić information content (AvgIpc) is 3.47. The summed E-state index contributed by atoms with van der Waals surface area (Å²) in [6.07, 6.45) is -2.84. The number of benzene rings is 3. The summed E-state index contributed by atoms with van der Waals surface area (Å²) in [5.41, 5.74) is -2.52. The number of rotatable bonds is 10. The van der Waals surface area contributed by atoms with Gasteiger partial charge in [0.1, 0.15) is 11.9 Å². The van der Waals surface area contributed by atoms with Crippen LogP contribution in [0.25, 0.3) is 0 Å². The molecule has 1 aromatic heterocycles. The third-order valence-electron chi connectivity index (χ3n) is 7.99. The maximum absolute atomic E-state index is 15.5. The van der Waals surface area contributed by atoms with Crippen molar-refractivity contribution in [1.29, 1.82) is 0 Å². The molecular weight excluding hydrogens is 606 g/mol. The molecule has 2 N–H and O–H groups in total. The highest BCUT2D eigenvalue weighted by Crippen LogP contribution is 2.57. The molecule has 1 unspecified atom stereocenters. The monoisotopic (exact) mass is 646 g/mol. The summed E-state index contributed by atoms with van der Waals surface area (Å²) in [6.45, 7) is 10.5. The van der Waals surface area contributed by atoms with Crippen LogP contribution in [-0.2, 0) is 20.1 Å². The van der Waals surface area contributed by atoms with Crippen LogP contribution >= 0.6 is 8.25 Å². The van der Waals surface area contributed by atoms with E-state index in [9.17, 15) is 0 Å². The van der Waals surface area contributed by atoms with Gasteiger partial charge in [-0.15, -0.1) is 9.79 Å². The Bertz CT molecular complexity index is 1400. The van der Waals surface area contributed by atoms with Crippen molar-refractivity contribution < 1.29 is 31.9 Å². The molecule has 1 heterocycles. The fraction of sp³-hybridized carbons (Fsp3) is 0.375. The molecule has 236 valence electrons. The number of alkyl halides is 3. The number of aromatic nitrogens is 3. The summed E-state index contributed by atoms with van der Waals surface area (Å²) in [7, 11) is -5.64. The van der Waals surface area contributed by atoms with Gasteiger partial charge < -0.3 is 4.43 Å². The Balaban J connectivity index is 0.00000124. The van der Waals surface area contributed by atoms with E-state index in [4.69, 9.17) is 23.9 Å². The van der Waals surface area contributed by atoms with Gasteiger partial charge in [0.25, 0.3) is 0 Å². The second-order valence-corrected chi connectivity index (χ2v) is 16.7. The quantitative estimate of drug-likeness (QED) is 0.102. The zero-order valence-electron chi connectivity index (χ0n) is 25.8. The molecule has 3 aromatic carbocycles. The van der Waals surface area contributed by atoms with E-state index in [0.717, 1.165) is 16.7 Å². The van der Waals surface area contributed by atoms with Gasteiger partial charge in [-0.05, 0) is 49.2 Å². The zero-order valence-corrected chi connectivity index (χ0v) is 27.7. The summed E-state index contributed by atoms with van der Waals surface area (Å²) >= 11 is 0. The third-order valence-corrected chi connectivity index (χ3v) is 8.91. The first-order valence-electron chi connectivity index (χ1n) is 14.3. The number of halogens is 3. The van der Waals surface area contributed by atoms with Gasteiger partial charge in [-0.1, -0.05) is 112 Å². The molecule has 0 aliphatic rings. The van der Waals surface area contributed by atoms with E-state index in [1.807, 2.05) is 91.0 Å². The van der Waals surface area contributed by atoms with Crippen LogP contribution in [0.5, 0.6) is 0 Å². The smallest absolute Gasteiger partial charge is 0.398 e. The minimum atomic E-state index is -4.75. The molecule has 4 rings (SSSR count). The lowest BCUT2D eigenvalue weighted by Crippen LogP contribution is -2.60. The highest BCUT2D eigenvalue weighted by atomic mass is 31.1. The summed E-state index contributed by atoms with van der Waals surface area (Å²) in [4.78, 5) is 18.7. The van der Waals surface area contributed by atoms with Crippen molar-refractivity contribution in [2.75, 3.05) is 0 Å². The third kappa shape index (κ3) is 6.87. The lowest BCUT2D eigenvalue weighted by molar-refractivity contribution is -0.304. The van der Waals surface area contributed by atoms with Crippen molar-refractivity contribution in [3.05, 3.63) is 120 Å². The molecule has 0 radical (unpaired) electrons. The minimum absolute atomic E-state index is 0.239. The maximum Gasteiger partial charge on any atom is 0.692 e. The molecule has 0 spiro atoms. The van der Waals surface area contributed by atoms with Crippen LogP contribution in [0, 0.1) is 5.41 Å². The van der Waals surface area contributed by atoms with E-state index in [2.05, 4.69) is 4.98 Å². The van der Waals surface area contributed by atoms with Gasteiger partial charge in [0.05, 0.1) is 0 Å². The Morgan fingerprint density at radius 2 is 1.16 bits per heavy atom. The second kappa shape index (κ2) is 13.8. The summed E-state index contributed by atoms with van der Waals surface area (Å²) in [5.74, 6) is -0.360. The van der Waals surface area contributed by atoms with Crippen molar-refractivity contribution in [3.8, 4) is 0 Å². The molecule has 7 nitrogen and oxygen atoms in total. The normalized spacial score (nSPS) is 13.9. The molecule has 12 heteroatoms. The molecule has 4 aromatic rings. The lowest BCUT2D eigenvalue weighted by atomic mass is 9.68. The van der Waals surface area contributed by atoms with Crippen LogP contribution in [0.2, 0.25) is 19.6 Å². The minimum Gasteiger partial charge on any atom is -0.398 e. The van der Waals surface area contributed by atoms with Gasteiger partial charge in [0.2, 0.25) is 5.60 Å². The highest BCUT2D eigenvalue weighted by molar-refractivity contribution is 7.30. The van der Waals surface area contributed by atoms with Gasteiger partial charge in [-0.2, -0.15) is 18.3 Å². The van der Waals surface area contributed by atoms with Crippen molar-refractivity contribution in [3.63, 3.8) is 0 Å². The first-order chi connectivity index (χ1) is 20.6. The summed E-state index contributed by atoms with van der Waals surface area (Å²) < 4.78 is 63.2. The van der Waals surface area contributed by atoms with Crippen molar-refractivity contribution in [1.82, 2.24) is 14.8 Å². The molecule has 0 aliphatic heterocycles. The predicted octanol–water partition coefficient (Wildman–Crippen LogP) is 8.18. The summed E-state index contributed by atoms with van der Waals surface area (Å²) in [6, 6.07) is 29.1. The van der Waals surface area contributed by atoms with E-state index in [1.165, 1.54) is 6.33 Å². The van der Waals surface area contributed by atoms with Crippen molar-refractivity contribution in [2.24, 2.45) is 5.41 Å². The van der Waals surface area contributed by atoms with Crippen LogP contribution in [0.3, 0.4) is 0 Å². The van der Waals surface area contributed by atoms with Gasteiger partial charge in [-0.3, -0.25) is 0 Å². The van der Waals surface area contributed by atoms with Gasteiger partial charge in [0, 0.05) is 9.98 Å². The average molecular weight is 647 g/mol. The van der Waals surface area contributed by atoms with Gasteiger partial charge >= 0.3 is 14.4 Å². The Morgan fingerprint density at radius 3 is 1.45 bits per heavy atom. The van der Waals surface area contributed by atoms with Crippen molar-refractivity contribution >= 4 is 16.6 Å². The SMILES string of the molecule is CCC(C)(CC)C(O[Si](C)(C)C)(c1ncn(C(c2ccccc2)(c2ccccc2)c2ccccc2)n1)C(F)(F)F.O=[P+](O)O.